The zero-order valence-corrected chi connectivity index (χ0v) is 13.7. The van der Waals surface area contributed by atoms with E-state index in [1.807, 2.05) is 36.1 Å². The minimum Gasteiger partial charge on any atom is -0.497 e. The first-order chi connectivity index (χ1) is 11.0. The van der Waals surface area contributed by atoms with E-state index in [9.17, 15) is 9.59 Å². The van der Waals surface area contributed by atoms with Crippen LogP contribution in [-0.4, -0.2) is 43.0 Å². The second-order valence-corrected chi connectivity index (χ2v) is 5.98. The van der Waals surface area contributed by atoms with E-state index < -0.39 is 0 Å². The molecule has 1 aliphatic rings. The van der Waals surface area contributed by atoms with Gasteiger partial charge in [-0.05, 0) is 44.0 Å². The number of amides is 2. The fourth-order valence-corrected chi connectivity index (χ4v) is 2.84. The largest absolute Gasteiger partial charge is 0.497 e. The highest BCUT2D eigenvalue weighted by molar-refractivity contribution is 5.81. The molecule has 6 nitrogen and oxygen atoms in total. The Morgan fingerprint density at radius 2 is 2.09 bits per heavy atom. The van der Waals surface area contributed by atoms with Crippen LogP contribution < -0.4 is 15.8 Å². The van der Waals surface area contributed by atoms with Gasteiger partial charge in [-0.3, -0.25) is 14.5 Å². The van der Waals surface area contributed by atoms with E-state index >= 15 is 0 Å². The zero-order valence-electron chi connectivity index (χ0n) is 13.7. The van der Waals surface area contributed by atoms with Gasteiger partial charge in [0.1, 0.15) is 5.75 Å². The molecule has 0 radical (unpaired) electrons. The van der Waals surface area contributed by atoms with Crippen LogP contribution in [0.5, 0.6) is 5.75 Å². The molecule has 2 amide bonds. The molecule has 0 bridgehead atoms. The summed E-state index contributed by atoms with van der Waals surface area (Å²) in [6.07, 6.45) is 1.70. The Hall–Kier alpha value is -2.08. The van der Waals surface area contributed by atoms with Gasteiger partial charge in [-0.15, -0.1) is 0 Å². The van der Waals surface area contributed by atoms with Crippen LogP contribution in [0.25, 0.3) is 0 Å². The van der Waals surface area contributed by atoms with Crippen LogP contribution in [0.15, 0.2) is 24.3 Å². The number of rotatable bonds is 6. The van der Waals surface area contributed by atoms with Crippen molar-refractivity contribution >= 4 is 11.8 Å². The molecule has 1 heterocycles. The summed E-state index contributed by atoms with van der Waals surface area (Å²) >= 11 is 0. The summed E-state index contributed by atoms with van der Waals surface area (Å²) in [7, 11) is 1.62. The van der Waals surface area contributed by atoms with Crippen LogP contribution in [0.1, 0.15) is 25.3 Å². The quantitative estimate of drug-likeness (QED) is 0.816. The van der Waals surface area contributed by atoms with Gasteiger partial charge in [0.05, 0.1) is 19.1 Å². The van der Waals surface area contributed by atoms with Crippen molar-refractivity contribution in [2.45, 2.75) is 32.4 Å². The lowest BCUT2D eigenvalue weighted by Crippen LogP contribution is -2.50. The van der Waals surface area contributed by atoms with E-state index in [0.717, 1.165) is 30.7 Å². The number of nitrogens with one attached hydrogen (secondary N) is 1. The van der Waals surface area contributed by atoms with E-state index in [4.69, 9.17) is 10.5 Å². The highest BCUT2D eigenvalue weighted by atomic mass is 16.5. The zero-order chi connectivity index (χ0) is 16.8. The smallest absolute Gasteiger partial charge is 0.237 e. The fraction of sp³-hybridized carbons (Fsp3) is 0.529. The predicted octanol–water partition coefficient (Wildman–Crippen LogP) is 0.897. The Balaban J connectivity index is 1.85. The molecule has 0 spiro atoms. The molecule has 0 saturated carbocycles. The molecule has 0 aliphatic carbocycles. The summed E-state index contributed by atoms with van der Waals surface area (Å²) in [5.41, 5.74) is 6.40. The van der Waals surface area contributed by atoms with Crippen LogP contribution in [0.2, 0.25) is 0 Å². The van der Waals surface area contributed by atoms with Crippen LogP contribution >= 0.6 is 0 Å². The van der Waals surface area contributed by atoms with Gasteiger partial charge in [-0.1, -0.05) is 12.1 Å². The van der Waals surface area contributed by atoms with E-state index in [2.05, 4.69) is 5.32 Å². The molecular formula is C17H25N3O3. The third kappa shape index (κ3) is 4.69. The molecule has 6 heteroatoms. The van der Waals surface area contributed by atoms with Crippen molar-refractivity contribution in [2.75, 3.05) is 20.2 Å². The number of methoxy groups -OCH3 is 1. The standard InChI is InChI=1S/C17H25N3O3/c1-12(20-9-3-4-14(11-20)16(18)21)17(22)19-10-13-5-7-15(23-2)8-6-13/h5-8,12,14H,3-4,9-11H2,1-2H3,(H2,18,21)(H,19,22)/t12-,14-/m0/s1. The highest BCUT2D eigenvalue weighted by Crippen LogP contribution is 2.18. The van der Waals surface area contributed by atoms with Gasteiger partial charge in [0.15, 0.2) is 0 Å². The minimum absolute atomic E-state index is 0.0362. The van der Waals surface area contributed by atoms with Crippen LogP contribution in [0.3, 0.4) is 0 Å². The summed E-state index contributed by atoms with van der Waals surface area (Å²) < 4.78 is 5.11. The lowest BCUT2D eigenvalue weighted by molar-refractivity contribution is -0.129. The van der Waals surface area contributed by atoms with Gasteiger partial charge in [0.25, 0.3) is 0 Å². The van der Waals surface area contributed by atoms with Gasteiger partial charge in [0, 0.05) is 13.1 Å². The number of piperidine rings is 1. The Morgan fingerprint density at radius 3 is 2.70 bits per heavy atom. The van der Waals surface area contributed by atoms with Crippen LogP contribution in [-0.2, 0) is 16.1 Å². The average Bonchev–Trinajstić information content (AvgIpc) is 2.59. The van der Waals surface area contributed by atoms with E-state index in [0.29, 0.717) is 13.1 Å². The lowest BCUT2D eigenvalue weighted by Gasteiger charge is -2.34. The number of carbonyl (C=O) groups is 2. The van der Waals surface area contributed by atoms with Crippen molar-refractivity contribution in [1.82, 2.24) is 10.2 Å². The molecule has 3 N–H and O–H groups in total. The van der Waals surface area contributed by atoms with Crippen molar-refractivity contribution in [3.8, 4) is 5.75 Å². The molecule has 1 saturated heterocycles. The molecule has 2 atom stereocenters. The number of ether oxygens (including phenoxy) is 1. The summed E-state index contributed by atoms with van der Waals surface area (Å²) in [5.74, 6) is 0.325. The fourth-order valence-electron chi connectivity index (χ4n) is 2.84. The van der Waals surface area contributed by atoms with Gasteiger partial charge < -0.3 is 15.8 Å². The number of nitrogens with two attached hydrogens (primary N) is 1. The van der Waals surface area contributed by atoms with Gasteiger partial charge in [0.2, 0.25) is 11.8 Å². The molecule has 1 aliphatic heterocycles. The number of likely N-dealkylation sites (tertiary alicyclic amines) is 1. The molecule has 1 aromatic carbocycles. The maximum absolute atomic E-state index is 12.3. The van der Waals surface area contributed by atoms with Gasteiger partial charge in [-0.2, -0.15) is 0 Å². The number of nitrogens with zero attached hydrogens (tertiary/aromatic N) is 1. The monoisotopic (exact) mass is 319 g/mol. The van der Waals surface area contributed by atoms with E-state index in [1.165, 1.54) is 0 Å². The number of carbonyl (C=O) groups excluding carboxylic acids is 2. The number of hydrogen-bond acceptors (Lipinski definition) is 4. The average molecular weight is 319 g/mol. The highest BCUT2D eigenvalue weighted by Gasteiger charge is 2.29. The molecule has 126 valence electrons. The van der Waals surface area contributed by atoms with Crippen molar-refractivity contribution in [1.29, 1.82) is 0 Å². The van der Waals surface area contributed by atoms with Crippen molar-refractivity contribution in [2.24, 2.45) is 11.7 Å². The molecule has 2 rings (SSSR count). The molecule has 23 heavy (non-hydrogen) atoms. The Kier molecular flexibility index (Phi) is 5.98. The Labute approximate surface area is 137 Å². The maximum Gasteiger partial charge on any atom is 0.237 e. The Bertz CT molecular complexity index is 545. The first-order valence-corrected chi connectivity index (χ1v) is 7.95. The second-order valence-electron chi connectivity index (χ2n) is 5.98. The summed E-state index contributed by atoms with van der Waals surface area (Å²) in [6, 6.07) is 7.32. The summed E-state index contributed by atoms with van der Waals surface area (Å²) in [6.45, 7) is 3.72. The third-order valence-corrected chi connectivity index (χ3v) is 4.41. The lowest BCUT2D eigenvalue weighted by atomic mass is 9.96. The third-order valence-electron chi connectivity index (χ3n) is 4.41. The minimum atomic E-state index is -0.277. The van der Waals surface area contributed by atoms with Gasteiger partial charge >= 0.3 is 0 Å². The van der Waals surface area contributed by atoms with Crippen molar-refractivity contribution in [3.05, 3.63) is 29.8 Å². The number of benzene rings is 1. The van der Waals surface area contributed by atoms with Crippen LogP contribution in [0.4, 0.5) is 0 Å². The molecule has 0 aromatic heterocycles. The van der Waals surface area contributed by atoms with E-state index in [-0.39, 0.29) is 23.8 Å². The second kappa shape index (κ2) is 7.97. The Morgan fingerprint density at radius 1 is 1.39 bits per heavy atom. The predicted molar refractivity (Wildman–Crippen MR) is 87.8 cm³/mol. The first-order valence-electron chi connectivity index (χ1n) is 7.95. The van der Waals surface area contributed by atoms with Crippen molar-refractivity contribution < 1.29 is 14.3 Å². The SMILES string of the molecule is COc1ccc(CNC(=O)[C@H](C)N2CCC[C@H](C(N)=O)C2)cc1. The molecule has 1 fully saturated rings. The van der Waals surface area contributed by atoms with Crippen LogP contribution in [0, 0.1) is 5.92 Å². The summed E-state index contributed by atoms with van der Waals surface area (Å²) in [4.78, 5) is 25.7. The topological polar surface area (TPSA) is 84.7 Å². The first kappa shape index (κ1) is 17.3. The summed E-state index contributed by atoms with van der Waals surface area (Å²) in [5, 5.41) is 2.94. The number of hydrogen-bond donors (Lipinski definition) is 2. The number of primary amides is 1. The van der Waals surface area contributed by atoms with Crippen molar-refractivity contribution in [3.63, 3.8) is 0 Å². The molecule has 0 unspecified atom stereocenters. The van der Waals surface area contributed by atoms with Gasteiger partial charge in [-0.25, -0.2) is 0 Å². The van der Waals surface area contributed by atoms with E-state index in [1.54, 1.807) is 7.11 Å². The molecular weight excluding hydrogens is 294 g/mol. The maximum atomic E-state index is 12.3. The normalized spacial score (nSPS) is 19.8. The molecule has 1 aromatic rings.